The smallest absolute Gasteiger partial charge is 0.231 e. The normalized spacial score (nSPS) is 16.8. The van der Waals surface area contributed by atoms with Gasteiger partial charge in [-0.15, -0.1) is 0 Å². The maximum atomic E-state index is 15.5. The Morgan fingerprint density at radius 2 is 1.91 bits per heavy atom. The Labute approximate surface area is 204 Å². The van der Waals surface area contributed by atoms with E-state index in [4.69, 9.17) is 5.73 Å². The number of amides is 1. The SMILES string of the molecule is NC(=O)CN1CCC(CNc2ncnc(N(Cc3ccc(-n4cccn4)cc3)C3CC3)c2F)CC1. The van der Waals surface area contributed by atoms with Gasteiger partial charge in [0.1, 0.15) is 6.33 Å². The lowest BCUT2D eigenvalue weighted by Gasteiger charge is -2.31. The number of anilines is 2. The summed E-state index contributed by atoms with van der Waals surface area (Å²) in [5.41, 5.74) is 7.36. The topological polar surface area (TPSA) is 105 Å². The zero-order valence-electron chi connectivity index (χ0n) is 19.7. The van der Waals surface area contributed by atoms with Gasteiger partial charge in [0.2, 0.25) is 11.7 Å². The first-order valence-electron chi connectivity index (χ1n) is 12.2. The summed E-state index contributed by atoms with van der Waals surface area (Å²) < 4.78 is 17.3. The summed E-state index contributed by atoms with van der Waals surface area (Å²) in [6.07, 6.45) is 9.01. The number of piperidine rings is 1. The fourth-order valence-electron chi connectivity index (χ4n) is 4.63. The minimum atomic E-state index is -0.404. The molecular formula is C25H31FN8O. The molecular weight excluding hydrogens is 447 g/mol. The van der Waals surface area contributed by atoms with E-state index in [2.05, 4.69) is 37.4 Å². The van der Waals surface area contributed by atoms with Gasteiger partial charge in [-0.05, 0) is 68.5 Å². The molecule has 0 unspecified atom stereocenters. The first-order chi connectivity index (χ1) is 17.1. The number of benzene rings is 1. The van der Waals surface area contributed by atoms with Gasteiger partial charge in [0.25, 0.3) is 0 Å². The van der Waals surface area contributed by atoms with Crippen LogP contribution in [0.5, 0.6) is 0 Å². The first kappa shape index (κ1) is 23.2. The molecule has 0 bridgehead atoms. The van der Waals surface area contributed by atoms with E-state index >= 15 is 4.39 Å². The zero-order chi connectivity index (χ0) is 24.2. The first-order valence-corrected chi connectivity index (χ1v) is 12.2. The fourth-order valence-corrected chi connectivity index (χ4v) is 4.63. The number of nitrogens with one attached hydrogen (secondary N) is 1. The molecule has 1 saturated heterocycles. The number of hydrogen-bond donors (Lipinski definition) is 2. The van der Waals surface area contributed by atoms with E-state index in [1.807, 2.05) is 34.0 Å². The van der Waals surface area contributed by atoms with Crippen LogP contribution >= 0.6 is 0 Å². The maximum Gasteiger partial charge on any atom is 0.231 e. The molecule has 1 aliphatic heterocycles. The van der Waals surface area contributed by atoms with Crippen molar-refractivity contribution >= 4 is 17.5 Å². The minimum absolute atomic E-state index is 0.245. The van der Waals surface area contributed by atoms with Gasteiger partial charge in [0.05, 0.1) is 12.2 Å². The quantitative estimate of drug-likeness (QED) is 0.461. The summed E-state index contributed by atoms with van der Waals surface area (Å²) in [6.45, 7) is 3.15. The molecule has 1 aromatic carbocycles. The second-order valence-electron chi connectivity index (χ2n) is 9.40. The Balaban J connectivity index is 1.23. The molecule has 2 aromatic heterocycles. The van der Waals surface area contributed by atoms with E-state index in [-0.39, 0.29) is 17.8 Å². The fraction of sp³-hybridized carbons (Fsp3) is 0.440. The number of rotatable bonds is 10. The van der Waals surface area contributed by atoms with E-state index in [9.17, 15) is 4.79 Å². The average molecular weight is 479 g/mol. The van der Waals surface area contributed by atoms with Gasteiger partial charge in [-0.3, -0.25) is 9.69 Å². The molecule has 3 aromatic rings. The summed E-state index contributed by atoms with van der Waals surface area (Å²) in [5.74, 6) is 0.279. The van der Waals surface area contributed by atoms with Gasteiger partial charge in [-0.1, -0.05) is 12.1 Å². The number of nitrogens with zero attached hydrogens (tertiary/aromatic N) is 6. The third-order valence-electron chi connectivity index (χ3n) is 6.73. The minimum Gasteiger partial charge on any atom is -0.369 e. The van der Waals surface area contributed by atoms with E-state index in [0.29, 0.717) is 31.4 Å². The predicted molar refractivity (Wildman–Crippen MR) is 132 cm³/mol. The number of likely N-dealkylation sites (tertiary alicyclic amines) is 1. The maximum absolute atomic E-state index is 15.5. The van der Waals surface area contributed by atoms with Crippen LogP contribution in [0.25, 0.3) is 5.69 Å². The lowest BCUT2D eigenvalue weighted by Crippen LogP contribution is -2.40. The molecule has 2 fully saturated rings. The van der Waals surface area contributed by atoms with Gasteiger partial charge >= 0.3 is 0 Å². The van der Waals surface area contributed by atoms with Gasteiger partial charge < -0.3 is 16.0 Å². The highest BCUT2D eigenvalue weighted by Crippen LogP contribution is 2.34. The molecule has 0 spiro atoms. The van der Waals surface area contributed by atoms with Crippen molar-refractivity contribution in [1.29, 1.82) is 0 Å². The highest BCUT2D eigenvalue weighted by Gasteiger charge is 2.32. The Hall–Kier alpha value is -3.53. The lowest BCUT2D eigenvalue weighted by atomic mass is 9.97. The molecule has 35 heavy (non-hydrogen) atoms. The Morgan fingerprint density at radius 3 is 2.57 bits per heavy atom. The number of carbonyl (C=O) groups excluding carboxylic acids is 1. The van der Waals surface area contributed by atoms with E-state index in [1.165, 1.54) is 6.33 Å². The van der Waals surface area contributed by atoms with Crippen molar-refractivity contribution in [2.45, 2.75) is 38.3 Å². The van der Waals surface area contributed by atoms with Crippen molar-refractivity contribution in [3.8, 4) is 5.69 Å². The summed E-state index contributed by atoms with van der Waals surface area (Å²) in [5, 5.41) is 7.47. The highest BCUT2D eigenvalue weighted by atomic mass is 19.1. The predicted octanol–water partition coefficient (Wildman–Crippen LogP) is 2.58. The number of halogens is 1. The average Bonchev–Trinajstić information content (AvgIpc) is 3.56. The monoisotopic (exact) mass is 478 g/mol. The molecule has 1 aliphatic carbocycles. The van der Waals surface area contributed by atoms with E-state index in [1.54, 1.807) is 6.20 Å². The molecule has 2 aliphatic rings. The van der Waals surface area contributed by atoms with Crippen LogP contribution in [0.15, 0.2) is 49.1 Å². The number of hydrogen-bond acceptors (Lipinski definition) is 7. The molecule has 184 valence electrons. The molecule has 1 saturated carbocycles. The van der Waals surface area contributed by atoms with Crippen LogP contribution in [-0.2, 0) is 11.3 Å². The van der Waals surface area contributed by atoms with Gasteiger partial charge in [-0.2, -0.15) is 9.49 Å². The lowest BCUT2D eigenvalue weighted by molar-refractivity contribution is -0.119. The van der Waals surface area contributed by atoms with Crippen molar-refractivity contribution in [2.24, 2.45) is 11.7 Å². The molecule has 10 heteroatoms. The number of carbonyl (C=O) groups is 1. The van der Waals surface area contributed by atoms with Crippen LogP contribution in [0, 0.1) is 11.7 Å². The van der Waals surface area contributed by atoms with Crippen LogP contribution in [0.2, 0.25) is 0 Å². The second kappa shape index (κ2) is 10.4. The van der Waals surface area contributed by atoms with Crippen molar-refractivity contribution in [2.75, 3.05) is 36.4 Å². The van der Waals surface area contributed by atoms with Gasteiger partial charge in [0.15, 0.2) is 11.6 Å². The summed E-state index contributed by atoms with van der Waals surface area (Å²) in [7, 11) is 0. The third-order valence-corrected chi connectivity index (χ3v) is 6.73. The summed E-state index contributed by atoms with van der Waals surface area (Å²) >= 11 is 0. The molecule has 5 rings (SSSR count). The number of nitrogens with two attached hydrogens (primary N) is 1. The zero-order valence-corrected chi connectivity index (χ0v) is 19.7. The Kier molecular flexibility index (Phi) is 6.89. The van der Waals surface area contributed by atoms with Crippen LogP contribution < -0.4 is 16.0 Å². The highest BCUT2D eigenvalue weighted by molar-refractivity contribution is 5.75. The largest absolute Gasteiger partial charge is 0.369 e. The molecule has 3 N–H and O–H groups in total. The second-order valence-corrected chi connectivity index (χ2v) is 9.40. The number of aromatic nitrogens is 4. The van der Waals surface area contributed by atoms with Gasteiger partial charge in [-0.25, -0.2) is 14.6 Å². The molecule has 0 atom stereocenters. The van der Waals surface area contributed by atoms with E-state index in [0.717, 1.165) is 50.0 Å². The molecule has 3 heterocycles. The summed E-state index contributed by atoms with van der Waals surface area (Å²) in [6, 6.07) is 10.3. The Bertz CT molecular complexity index is 1120. The van der Waals surface area contributed by atoms with E-state index < -0.39 is 5.82 Å². The van der Waals surface area contributed by atoms with Crippen LogP contribution in [0.4, 0.5) is 16.0 Å². The van der Waals surface area contributed by atoms with Crippen molar-refractivity contribution in [3.63, 3.8) is 0 Å². The molecule has 0 radical (unpaired) electrons. The summed E-state index contributed by atoms with van der Waals surface area (Å²) in [4.78, 5) is 23.7. The van der Waals surface area contributed by atoms with Crippen LogP contribution in [0.1, 0.15) is 31.2 Å². The van der Waals surface area contributed by atoms with Gasteiger partial charge in [0, 0.05) is 31.5 Å². The number of primary amides is 1. The van der Waals surface area contributed by atoms with Crippen molar-refractivity contribution in [3.05, 3.63) is 60.4 Å². The van der Waals surface area contributed by atoms with Crippen LogP contribution in [-0.4, -0.2) is 62.8 Å². The Morgan fingerprint density at radius 1 is 1.14 bits per heavy atom. The van der Waals surface area contributed by atoms with Crippen molar-refractivity contribution in [1.82, 2.24) is 24.6 Å². The standard InChI is InChI=1S/C25H31FN8O/c26-23-24(28-14-18-8-12-32(13-9-18)16-22(27)35)29-17-30-25(23)33(20-6-7-20)15-19-2-4-21(5-3-19)34-11-1-10-31-34/h1-5,10-11,17-18,20H,6-9,12-16H2,(H2,27,35)(H,28,29,30). The molecule has 9 nitrogen and oxygen atoms in total. The molecule has 1 amide bonds. The third kappa shape index (κ3) is 5.76. The van der Waals surface area contributed by atoms with Crippen molar-refractivity contribution < 1.29 is 9.18 Å². The van der Waals surface area contributed by atoms with Crippen LogP contribution in [0.3, 0.4) is 0 Å².